The van der Waals surface area contributed by atoms with Crippen molar-refractivity contribution < 1.29 is 63.2 Å². The highest BCUT2D eigenvalue weighted by molar-refractivity contribution is 5.81. The first-order valence-corrected chi connectivity index (χ1v) is 16.0. The molecule has 0 radical (unpaired) electrons. The molecular formula is C30H48FN5O12. The van der Waals surface area contributed by atoms with Gasteiger partial charge in [0.05, 0.1) is 30.8 Å². The van der Waals surface area contributed by atoms with Crippen LogP contribution in [0, 0.1) is 0 Å². The number of carbonyl (C=O) groups is 2. The first-order chi connectivity index (χ1) is 22.9. The molecule has 3 aliphatic rings. The van der Waals surface area contributed by atoms with E-state index in [0.29, 0.717) is 12.8 Å². The number of aliphatic hydroxyl groups excluding tert-OH is 5. The lowest BCUT2D eigenvalue weighted by Gasteiger charge is -2.48. The quantitative estimate of drug-likeness (QED) is 0.0965. The zero-order valence-electron chi connectivity index (χ0n) is 26.3. The lowest BCUT2D eigenvalue weighted by Crippen LogP contribution is -2.69. The summed E-state index contributed by atoms with van der Waals surface area (Å²) in [5.74, 6) is -0.888. The van der Waals surface area contributed by atoms with Gasteiger partial charge in [0.15, 0.2) is 12.6 Å². The monoisotopic (exact) mass is 689 g/mol. The molecule has 0 aromatic heterocycles. The average Bonchev–Trinajstić information content (AvgIpc) is 3.08. The Hall–Kier alpha value is -2.59. The van der Waals surface area contributed by atoms with Crippen molar-refractivity contribution in [2.75, 3.05) is 19.8 Å². The van der Waals surface area contributed by atoms with E-state index < -0.39 is 111 Å². The second-order valence-electron chi connectivity index (χ2n) is 12.3. The van der Waals surface area contributed by atoms with Crippen LogP contribution in [0.3, 0.4) is 0 Å². The summed E-state index contributed by atoms with van der Waals surface area (Å²) in [6.07, 6.45) is -13.9. The zero-order chi connectivity index (χ0) is 35.0. The predicted octanol–water partition coefficient (Wildman–Crippen LogP) is -3.42. The second-order valence-corrected chi connectivity index (χ2v) is 12.3. The number of amides is 2. The summed E-state index contributed by atoms with van der Waals surface area (Å²) in [5.41, 5.74) is 19.2. The van der Waals surface area contributed by atoms with E-state index in [2.05, 4.69) is 10.6 Å². The van der Waals surface area contributed by atoms with E-state index in [1.807, 2.05) is 6.07 Å². The van der Waals surface area contributed by atoms with E-state index in [1.165, 1.54) is 0 Å². The number of ether oxygens (including phenoxy) is 5. The van der Waals surface area contributed by atoms with E-state index >= 15 is 0 Å². The molecule has 14 atom stereocenters. The molecule has 2 saturated heterocycles. The van der Waals surface area contributed by atoms with Gasteiger partial charge < -0.3 is 77.1 Å². The molecule has 1 saturated carbocycles. The fourth-order valence-electron chi connectivity index (χ4n) is 5.89. The molecule has 272 valence electrons. The fraction of sp³-hybridized carbons (Fsp3) is 0.733. The number of hydrogen-bond acceptors (Lipinski definition) is 15. The van der Waals surface area contributed by atoms with Gasteiger partial charge in [-0.05, 0) is 31.2 Å². The van der Waals surface area contributed by atoms with Crippen molar-refractivity contribution in [3.05, 3.63) is 35.9 Å². The van der Waals surface area contributed by atoms with Gasteiger partial charge >= 0.3 is 6.09 Å². The van der Waals surface area contributed by atoms with E-state index in [9.17, 15) is 39.5 Å². The number of nitrogens with two attached hydrogens (primary N) is 3. The minimum atomic E-state index is -1.63. The number of alkyl carbamates (subject to hydrolysis) is 1. The van der Waals surface area contributed by atoms with Crippen molar-refractivity contribution in [3.8, 4) is 0 Å². The van der Waals surface area contributed by atoms with Crippen LogP contribution in [-0.4, -0.2) is 143 Å². The molecule has 1 aromatic carbocycles. The van der Waals surface area contributed by atoms with E-state index in [0.717, 1.165) is 5.56 Å². The van der Waals surface area contributed by atoms with Crippen molar-refractivity contribution in [2.45, 2.75) is 118 Å². The highest BCUT2D eigenvalue weighted by atomic mass is 19.1. The Bertz CT molecular complexity index is 1160. The maximum absolute atomic E-state index is 13.4. The van der Waals surface area contributed by atoms with Crippen LogP contribution in [0.15, 0.2) is 30.3 Å². The smallest absolute Gasteiger partial charge is 0.407 e. The van der Waals surface area contributed by atoms with E-state index in [-0.39, 0.29) is 26.0 Å². The highest BCUT2D eigenvalue weighted by Gasteiger charge is 2.51. The number of aliphatic hydroxyl groups is 5. The summed E-state index contributed by atoms with van der Waals surface area (Å²) in [5, 5.41) is 57.7. The van der Waals surface area contributed by atoms with Crippen LogP contribution in [-0.2, 0) is 35.1 Å². The molecule has 2 heterocycles. The normalized spacial score (nSPS) is 37.7. The fourth-order valence-corrected chi connectivity index (χ4v) is 5.89. The third kappa shape index (κ3) is 9.77. The lowest BCUT2D eigenvalue weighted by molar-refractivity contribution is -0.314. The first-order valence-electron chi connectivity index (χ1n) is 16.0. The van der Waals surface area contributed by atoms with Crippen LogP contribution in [0.25, 0.3) is 0 Å². The molecule has 13 N–H and O–H groups in total. The molecule has 2 amide bonds. The van der Waals surface area contributed by atoms with Gasteiger partial charge in [0.25, 0.3) is 0 Å². The zero-order valence-corrected chi connectivity index (χ0v) is 26.3. The Morgan fingerprint density at radius 1 is 0.958 bits per heavy atom. The molecular weight excluding hydrogens is 641 g/mol. The van der Waals surface area contributed by atoms with Gasteiger partial charge in [-0.15, -0.1) is 0 Å². The van der Waals surface area contributed by atoms with Crippen LogP contribution >= 0.6 is 0 Å². The maximum atomic E-state index is 13.4. The van der Waals surface area contributed by atoms with E-state index in [1.54, 1.807) is 24.3 Å². The Labute approximate surface area is 276 Å². The summed E-state index contributed by atoms with van der Waals surface area (Å²) in [7, 11) is 0. The van der Waals surface area contributed by atoms with Gasteiger partial charge in [0.2, 0.25) is 5.91 Å². The standard InChI is InChI=1S/C30H48FN5O12/c31-11-15-6-7-16(32)28(45-15)47-25-17(33)10-18(26(24(25)41)48-29-23(40)21(34)22(39)20(12-37)46-29)36-27(42)19(38)8-9-35-30(43)44-13-14-4-2-1-3-5-14/h1-5,15-26,28-29,37-41H,6-13,32-34H2,(H,35,43)(H,36,42)/t15-,16+,17-,18+,19-,20+,21-,22+,23+,24-,25+,26-,28+,29+/m0/s1. The molecule has 0 unspecified atom stereocenters. The van der Waals surface area contributed by atoms with Crippen LogP contribution in [0.4, 0.5) is 9.18 Å². The number of carbonyl (C=O) groups excluding carboxylic acids is 2. The van der Waals surface area contributed by atoms with Crippen molar-refractivity contribution in [3.63, 3.8) is 0 Å². The number of halogens is 1. The third-order valence-electron chi connectivity index (χ3n) is 8.74. The molecule has 1 aliphatic carbocycles. The van der Waals surface area contributed by atoms with Gasteiger partial charge in [-0.1, -0.05) is 30.3 Å². The van der Waals surface area contributed by atoms with Gasteiger partial charge in [0, 0.05) is 12.6 Å². The summed E-state index contributed by atoms with van der Waals surface area (Å²) in [4.78, 5) is 25.1. The maximum Gasteiger partial charge on any atom is 0.407 e. The van der Waals surface area contributed by atoms with Gasteiger partial charge in [0.1, 0.15) is 56.0 Å². The van der Waals surface area contributed by atoms with Crippen LogP contribution < -0.4 is 27.8 Å². The topological polar surface area (TPSA) is 284 Å². The molecule has 0 bridgehead atoms. The number of benzene rings is 1. The summed E-state index contributed by atoms with van der Waals surface area (Å²) in [6, 6.07) is 4.96. The molecule has 4 rings (SSSR count). The minimum absolute atomic E-state index is 0.0314. The Balaban J connectivity index is 1.41. The number of nitrogens with one attached hydrogen (secondary N) is 2. The number of rotatable bonds is 13. The van der Waals surface area contributed by atoms with Crippen LogP contribution in [0.2, 0.25) is 0 Å². The third-order valence-corrected chi connectivity index (χ3v) is 8.74. The van der Waals surface area contributed by atoms with Crippen LogP contribution in [0.1, 0.15) is 31.2 Å². The molecule has 17 nitrogen and oxygen atoms in total. The van der Waals surface area contributed by atoms with E-state index in [4.69, 9.17) is 40.9 Å². The Morgan fingerprint density at radius 3 is 2.35 bits per heavy atom. The summed E-state index contributed by atoms with van der Waals surface area (Å²) in [6.45, 7) is -1.52. The molecule has 2 aliphatic heterocycles. The predicted molar refractivity (Wildman–Crippen MR) is 163 cm³/mol. The average molecular weight is 690 g/mol. The molecule has 1 aromatic rings. The number of hydrogen-bond donors (Lipinski definition) is 10. The lowest BCUT2D eigenvalue weighted by atomic mass is 9.83. The van der Waals surface area contributed by atoms with Crippen molar-refractivity contribution in [1.29, 1.82) is 0 Å². The summed E-state index contributed by atoms with van der Waals surface area (Å²) < 4.78 is 41.5. The highest BCUT2D eigenvalue weighted by Crippen LogP contribution is 2.31. The van der Waals surface area contributed by atoms with Crippen molar-refractivity contribution in [1.82, 2.24) is 10.6 Å². The Kier molecular flexibility index (Phi) is 14.2. The van der Waals surface area contributed by atoms with Crippen molar-refractivity contribution >= 4 is 12.0 Å². The largest absolute Gasteiger partial charge is 0.445 e. The molecule has 18 heteroatoms. The molecule has 0 spiro atoms. The SMILES string of the molecule is N[C@@H]1[C@@H](O)[C@@H](O[C@@H]2[C@@H](O)[C@H](O[C@H]3O[C@H](CF)CC[C@H]3N)[C@@H](N)C[C@H]2NC(=O)[C@@H](O)CCNC(=O)OCc2ccccc2)O[C@H](CO)[C@H]1O. The van der Waals surface area contributed by atoms with Gasteiger partial charge in [-0.3, -0.25) is 4.79 Å². The van der Waals surface area contributed by atoms with Crippen LogP contribution in [0.5, 0.6) is 0 Å². The first kappa shape index (κ1) is 38.2. The molecule has 3 fully saturated rings. The second kappa shape index (κ2) is 17.9. The van der Waals surface area contributed by atoms with Gasteiger partial charge in [-0.2, -0.15) is 0 Å². The number of alkyl halides is 1. The Morgan fingerprint density at radius 2 is 1.67 bits per heavy atom. The van der Waals surface area contributed by atoms with Crippen molar-refractivity contribution in [2.24, 2.45) is 17.2 Å². The summed E-state index contributed by atoms with van der Waals surface area (Å²) >= 11 is 0. The molecule has 48 heavy (non-hydrogen) atoms. The van der Waals surface area contributed by atoms with Gasteiger partial charge in [-0.25, -0.2) is 9.18 Å². The minimum Gasteiger partial charge on any atom is -0.445 e.